The molecule has 0 aliphatic heterocycles. The molecule has 2 rings (SSSR count). The molecule has 20 heavy (non-hydrogen) atoms. The molecule has 0 unspecified atom stereocenters. The monoisotopic (exact) mass is 269 g/mol. The minimum atomic E-state index is -0.0249. The van der Waals surface area contributed by atoms with Gasteiger partial charge < -0.3 is 10.2 Å². The predicted molar refractivity (Wildman–Crippen MR) is 82.3 cm³/mol. The zero-order chi connectivity index (χ0) is 14.5. The van der Waals surface area contributed by atoms with Crippen molar-refractivity contribution in [3.63, 3.8) is 0 Å². The highest BCUT2D eigenvalue weighted by atomic mass is 16.2. The molecule has 0 bridgehead atoms. The van der Waals surface area contributed by atoms with Gasteiger partial charge in [0.15, 0.2) is 0 Å². The van der Waals surface area contributed by atoms with Gasteiger partial charge in [0.2, 0.25) is 0 Å². The Labute approximate surface area is 119 Å². The fourth-order valence-electron chi connectivity index (χ4n) is 2.09. The fourth-order valence-corrected chi connectivity index (χ4v) is 2.09. The Balaban J connectivity index is 2.36. The molecule has 104 valence electrons. The van der Waals surface area contributed by atoms with Gasteiger partial charge in [-0.1, -0.05) is 17.7 Å². The number of hydrogen-bond donors (Lipinski definition) is 1. The highest BCUT2D eigenvalue weighted by molar-refractivity contribution is 6.09. The topological polar surface area (TPSA) is 45.2 Å². The van der Waals surface area contributed by atoms with E-state index in [-0.39, 0.29) is 5.91 Å². The molecular formula is C16H19N3O. The molecule has 1 amide bonds. The summed E-state index contributed by atoms with van der Waals surface area (Å²) in [4.78, 5) is 18.5. The molecule has 2 aromatic rings. The maximum Gasteiger partial charge on any atom is 0.260 e. The van der Waals surface area contributed by atoms with Gasteiger partial charge >= 0.3 is 0 Å². The molecule has 4 heteroatoms. The van der Waals surface area contributed by atoms with Crippen LogP contribution in [0, 0.1) is 6.92 Å². The van der Waals surface area contributed by atoms with Gasteiger partial charge in [0.05, 0.1) is 17.4 Å². The van der Waals surface area contributed by atoms with Gasteiger partial charge in [-0.05, 0) is 32.0 Å². The van der Waals surface area contributed by atoms with Crippen LogP contribution in [-0.4, -0.2) is 24.5 Å². The minimum Gasteiger partial charge on any atom is -0.386 e. The lowest BCUT2D eigenvalue weighted by atomic mass is 10.1. The number of amides is 1. The largest absolute Gasteiger partial charge is 0.386 e. The number of benzene rings is 1. The second-order valence-corrected chi connectivity index (χ2v) is 4.56. The summed E-state index contributed by atoms with van der Waals surface area (Å²) in [7, 11) is 1.79. The van der Waals surface area contributed by atoms with Gasteiger partial charge in [0.1, 0.15) is 0 Å². The Hall–Kier alpha value is -2.36. The number of rotatable bonds is 4. The summed E-state index contributed by atoms with van der Waals surface area (Å²) in [5, 5.41) is 3.01. The van der Waals surface area contributed by atoms with Crippen LogP contribution in [0.2, 0.25) is 0 Å². The van der Waals surface area contributed by atoms with Crippen molar-refractivity contribution < 1.29 is 4.79 Å². The van der Waals surface area contributed by atoms with Crippen molar-refractivity contribution in [2.75, 3.05) is 23.8 Å². The second-order valence-electron chi connectivity index (χ2n) is 4.56. The first kappa shape index (κ1) is 14.1. The second kappa shape index (κ2) is 6.19. The molecule has 0 radical (unpaired) electrons. The summed E-state index contributed by atoms with van der Waals surface area (Å²) < 4.78 is 0. The average Bonchev–Trinajstić information content (AvgIpc) is 2.49. The van der Waals surface area contributed by atoms with Crippen molar-refractivity contribution in [1.29, 1.82) is 0 Å². The average molecular weight is 269 g/mol. The number of pyridine rings is 1. The van der Waals surface area contributed by atoms with E-state index >= 15 is 0 Å². The van der Waals surface area contributed by atoms with Crippen LogP contribution in [0.5, 0.6) is 0 Å². The summed E-state index contributed by atoms with van der Waals surface area (Å²) >= 11 is 0. The Morgan fingerprint density at radius 2 is 1.95 bits per heavy atom. The van der Waals surface area contributed by atoms with Crippen molar-refractivity contribution in [3.8, 4) is 0 Å². The normalized spacial score (nSPS) is 10.2. The van der Waals surface area contributed by atoms with Crippen molar-refractivity contribution in [2.24, 2.45) is 0 Å². The van der Waals surface area contributed by atoms with E-state index < -0.39 is 0 Å². The maximum absolute atomic E-state index is 12.7. The third-order valence-electron chi connectivity index (χ3n) is 3.23. The molecule has 0 saturated heterocycles. The van der Waals surface area contributed by atoms with E-state index in [0.717, 1.165) is 11.4 Å². The lowest BCUT2D eigenvalue weighted by Gasteiger charge is -2.22. The number of hydrogen-bond acceptors (Lipinski definition) is 3. The van der Waals surface area contributed by atoms with E-state index in [0.29, 0.717) is 12.1 Å². The van der Waals surface area contributed by atoms with E-state index in [2.05, 4.69) is 10.3 Å². The maximum atomic E-state index is 12.7. The lowest BCUT2D eigenvalue weighted by Crippen LogP contribution is -2.31. The number of carbonyl (C=O) groups excluding carboxylic acids is 1. The van der Waals surface area contributed by atoms with Gasteiger partial charge in [0.25, 0.3) is 5.91 Å². The van der Waals surface area contributed by atoms with Crippen LogP contribution in [-0.2, 0) is 0 Å². The first-order valence-electron chi connectivity index (χ1n) is 6.67. The van der Waals surface area contributed by atoms with Crippen LogP contribution in [0.3, 0.4) is 0 Å². The number of aromatic nitrogens is 1. The van der Waals surface area contributed by atoms with E-state index in [1.54, 1.807) is 30.4 Å². The lowest BCUT2D eigenvalue weighted by molar-refractivity contribution is 0.0989. The Morgan fingerprint density at radius 3 is 2.55 bits per heavy atom. The molecule has 0 atom stereocenters. The third kappa shape index (κ3) is 2.79. The Bertz CT molecular complexity index is 593. The van der Waals surface area contributed by atoms with E-state index in [4.69, 9.17) is 0 Å². The molecule has 1 aromatic heterocycles. The summed E-state index contributed by atoms with van der Waals surface area (Å²) in [5.74, 6) is -0.0249. The zero-order valence-electron chi connectivity index (χ0n) is 12.1. The van der Waals surface area contributed by atoms with Gasteiger partial charge in [-0.15, -0.1) is 0 Å². The quantitative estimate of drug-likeness (QED) is 0.927. The van der Waals surface area contributed by atoms with Crippen LogP contribution in [0.1, 0.15) is 22.8 Å². The fraction of sp³-hybridized carbons (Fsp3) is 0.250. The highest BCUT2D eigenvalue weighted by Gasteiger charge is 2.18. The molecular weight excluding hydrogens is 250 g/mol. The third-order valence-corrected chi connectivity index (χ3v) is 3.23. The van der Waals surface area contributed by atoms with Crippen molar-refractivity contribution in [1.82, 2.24) is 4.98 Å². The van der Waals surface area contributed by atoms with Crippen molar-refractivity contribution >= 4 is 17.3 Å². The summed E-state index contributed by atoms with van der Waals surface area (Å²) in [6, 6.07) is 9.70. The van der Waals surface area contributed by atoms with E-state index in [1.165, 1.54) is 5.56 Å². The van der Waals surface area contributed by atoms with E-state index in [1.807, 2.05) is 38.1 Å². The van der Waals surface area contributed by atoms with Crippen LogP contribution in [0.25, 0.3) is 0 Å². The van der Waals surface area contributed by atoms with Gasteiger partial charge in [0, 0.05) is 25.5 Å². The van der Waals surface area contributed by atoms with Crippen molar-refractivity contribution in [3.05, 3.63) is 53.9 Å². The van der Waals surface area contributed by atoms with E-state index in [9.17, 15) is 4.79 Å². The standard InChI is InChI=1S/C16H19N3O/c1-4-19(13-7-5-12(2)6-8-13)16(20)14-9-10-18-11-15(14)17-3/h5-11,17H,4H2,1-3H3. The first-order chi connectivity index (χ1) is 9.67. The molecule has 4 nitrogen and oxygen atoms in total. The van der Waals surface area contributed by atoms with Gasteiger partial charge in [-0.3, -0.25) is 9.78 Å². The Morgan fingerprint density at radius 1 is 1.25 bits per heavy atom. The number of anilines is 2. The first-order valence-corrected chi connectivity index (χ1v) is 6.67. The number of aryl methyl sites for hydroxylation is 1. The summed E-state index contributed by atoms with van der Waals surface area (Å²) in [5.41, 5.74) is 3.45. The highest BCUT2D eigenvalue weighted by Crippen LogP contribution is 2.21. The predicted octanol–water partition coefficient (Wildman–Crippen LogP) is 3.10. The van der Waals surface area contributed by atoms with Gasteiger partial charge in [-0.25, -0.2) is 0 Å². The van der Waals surface area contributed by atoms with Crippen molar-refractivity contribution in [2.45, 2.75) is 13.8 Å². The molecule has 0 fully saturated rings. The molecule has 0 aliphatic carbocycles. The van der Waals surface area contributed by atoms with Crippen LogP contribution < -0.4 is 10.2 Å². The molecule has 0 aliphatic rings. The molecule has 1 aromatic carbocycles. The minimum absolute atomic E-state index is 0.0249. The number of nitrogens with one attached hydrogen (secondary N) is 1. The molecule has 1 N–H and O–H groups in total. The van der Waals surface area contributed by atoms with Crippen LogP contribution in [0.4, 0.5) is 11.4 Å². The number of nitrogens with zero attached hydrogens (tertiary/aromatic N) is 2. The zero-order valence-corrected chi connectivity index (χ0v) is 12.1. The summed E-state index contributed by atoms with van der Waals surface area (Å²) in [6.07, 6.45) is 3.30. The number of carbonyl (C=O) groups is 1. The summed E-state index contributed by atoms with van der Waals surface area (Å²) in [6.45, 7) is 4.62. The molecule has 0 saturated carbocycles. The van der Waals surface area contributed by atoms with Crippen LogP contribution >= 0.6 is 0 Å². The van der Waals surface area contributed by atoms with Crippen LogP contribution in [0.15, 0.2) is 42.7 Å². The SMILES string of the molecule is CCN(C(=O)c1ccncc1NC)c1ccc(C)cc1. The Kier molecular flexibility index (Phi) is 4.35. The molecule has 0 spiro atoms. The van der Waals surface area contributed by atoms with Gasteiger partial charge in [-0.2, -0.15) is 0 Å². The smallest absolute Gasteiger partial charge is 0.260 e. The molecule has 1 heterocycles.